The van der Waals surface area contributed by atoms with Crippen molar-refractivity contribution in [2.24, 2.45) is 5.92 Å². The molecule has 1 aliphatic carbocycles. The molecule has 2 aliphatic rings. The van der Waals surface area contributed by atoms with E-state index >= 15 is 0 Å². The molecule has 1 aliphatic heterocycles. The van der Waals surface area contributed by atoms with E-state index in [0.717, 1.165) is 32.2 Å². The summed E-state index contributed by atoms with van der Waals surface area (Å²) in [7, 11) is 0. The van der Waals surface area contributed by atoms with E-state index in [4.69, 9.17) is 9.47 Å². The molecule has 0 radical (unpaired) electrons. The van der Waals surface area contributed by atoms with Crippen LogP contribution in [0, 0.1) is 5.92 Å². The van der Waals surface area contributed by atoms with Gasteiger partial charge >= 0.3 is 0 Å². The van der Waals surface area contributed by atoms with E-state index in [1.807, 2.05) is 0 Å². The van der Waals surface area contributed by atoms with Crippen LogP contribution in [0.3, 0.4) is 0 Å². The number of rotatable bonds is 2. The first-order valence-corrected chi connectivity index (χ1v) is 4.59. The lowest BCUT2D eigenvalue weighted by atomic mass is 9.95. The lowest BCUT2D eigenvalue weighted by Crippen LogP contribution is -2.44. The smallest absolute Gasteiger partial charge is 0.0941 e. The summed E-state index contributed by atoms with van der Waals surface area (Å²) < 4.78 is 11.3. The molecular weight excluding hydrogens is 140 g/mol. The highest BCUT2D eigenvalue weighted by atomic mass is 16.6. The number of ether oxygens (including phenoxy) is 2. The molecule has 2 nitrogen and oxygen atoms in total. The van der Waals surface area contributed by atoms with E-state index in [-0.39, 0.29) is 5.60 Å². The van der Waals surface area contributed by atoms with E-state index in [0.29, 0.717) is 0 Å². The second-order valence-electron chi connectivity index (χ2n) is 3.59. The molecule has 2 rings (SSSR count). The van der Waals surface area contributed by atoms with Crippen LogP contribution in [0.25, 0.3) is 0 Å². The van der Waals surface area contributed by atoms with Gasteiger partial charge in [0.25, 0.3) is 0 Å². The third kappa shape index (κ3) is 1.30. The Bertz CT molecular complexity index is 134. The molecule has 64 valence electrons. The second-order valence-corrected chi connectivity index (χ2v) is 3.59. The van der Waals surface area contributed by atoms with Crippen LogP contribution in [0.15, 0.2) is 0 Å². The van der Waals surface area contributed by atoms with Gasteiger partial charge in [-0.3, -0.25) is 0 Å². The average molecular weight is 156 g/mol. The van der Waals surface area contributed by atoms with E-state index in [1.54, 1.807) is 0 Å². The predicted octanol–water partition coefficient (Wildman–Crippen LogP) is 1.59. The summed E-state index contributed by atoms with van der Waals surface area (Å²) in [5.74, 6) is 0.799. The fourth-order valence-corrected chi connectivity index (χ4v) is 1.93. The molecule has 1 saturated heterocycles. The maximum Gasteiger partial charge on any atom is 0.0941 e. The van der Waals surface area contributed by atoms with E-state index in [9.17, 15) is 0 Å². The fourth-order valence-electron chi connectivity index (χ4n) is 1.93. The van der Waals surface area contributed by atoms with Gasteiger partial charge in [-0.15, -0.1) is 0 Å². The molecule has 2 fully saturated rings. The molecule has 0 aromatic heterocycles. The largest absolute Gasteiger partial charge is 0.376 e. The highest BCUT2D eigenvalue weighted by molar-refractivity contribution is 4.96. The fraction of sp³-hybridized carbons (Fsp3) is 1.00. The van der Waals surface area contributed by atoms with Crippen molar-refractivity contribution in [2.45, 2.75) is 31.8 Å². The maximum absolute atomic E-state index is 5.81. The summed E-state index contributed by atoms with van der Waals surface area (Å²) in [6, 6.07) is 0. The zero-order valence-electron chi connectivity index (χ0n) is 7.14. The molecule has 1 heterocycles. The Hall–Kier alpha value is -0.0800. The molecule has 0 aromatic carbocycles. The van der Waals surface area contributed by atoms with Crippen LogP contribution < -0.4 is 0 Å². The van der Waals surface area contributed by atoms with Crippen molar-refractivity contribution in [2.75, 3.05) is 19.8 Å². The standard InChI is InChI=1S/C9H16O2/c1-2-9(8-3-4-8)7-10-5-6-11-9/h8H,2-7H2,1H3. The lowest BCUT2D eigenvalue weighted by Gasteiger charge is -2.36. The zero-order chi connectivity index (χ0) is 7.73. The summed E-state index contributed by atoms with van der Waals surface area (Å²) in [4.78, 5) is 0. The summed E-state index contributed by atoms with van der Waals surface area (Å²) in [5, 5.41) is 0. The molecular formula is C9H16O2. The molecule has 1 unspecified atom stereocenters. The van der Waals surface area contributed by atoms with Gasteiger partial charge in [-0.1, -0.05) is 6.92 Å². The molecule has 0 N–H and O–H groups in total. The number of hydrogen-bond donors (Lipinski definition) is 0. The summed E-state index contributed by atoms with van der Waals surface area (Å²) in [6.45, 7) is 4.61. The summed E-state index contributed by atoms with van der Waals surface area (Å²) in [6.07, 6.45) is 3.80. The van der Waals surface area contributed by atoms with Crippen LogP contribution in [0.4, 0.5) is 0 Å². The summed E-state index contributed by atoms with van der Waals surface area (Å²) >= 11 is 0. The third-order valence-electron chi connectivity index (χ3n) is 2.88. The normalized spacial score (nSPS) is 39.0. The van der Waals surface area contributed by atoms with Gasteiger partial charge in [0.15, 0.2) is 0 Å². The van der Waals surface area contributed by atoms with Crippen LogP contribution in [0.2, 0.25) is 0 Å². The van der Waals surface area contributed by atoms with Crippen LogP contribution >= 0.6 is 0 Å². The van der Waals surface area contributed by atoms with Gasteiger partial charge in [0.2, 0.25) is 0 Å². The maximum atomic E-state index is 5.81. The van der Waals surface area contributed by atoms with E-state index < -0.39 is 0 Å². The van der Waals surface area contributed by atoms with Crippen LogP contribution in [0.1, 0.15) is 26.2 Å². The second kappa shape index (κ2) is 2.76. The lowest BCUT2D eigenvalue weighted by molar-refractivity contribution is -0.169. The monoisotopic (exact) mass is 156 g/mol. The Balaban J connectivity index is 2.01. The van der Waals surface area contributed by atoms with Crippen molar-refractivity contribution >= 4 is 0 Å². The van der Waals surface area contributed by atoms with Crippen molar-refractivity contribution in [3.63, 3.8) is 0 Å². The van der Waals surface area contributed by atoms with Crippen molar-refractivity contribution in [1.29, 1.82) is 0 Å². The van der Waals surface area contributed by atoms with Crippen LogP contribution in [-0.2, 0) is 9.47 Å². The Morgan fingerprint density at radius 2 is 2.18 bits per heavy atom. The van der Waals surface area contributed by atoms with Gasteiger partial charge in [0.1, 0.15) is 0 Å². The molecule has 0 bridgehead atoms. The Labute approximate surface area is 67.9 Å². The van der Waals surface area contributed by atoms with Gasteiger partial charge in [-0.2, -0.15) is 0 Å². The quantitative estimate of drug-likeness (QED) is 0.604. The van der Waals surface area contributed by atoms with E-state index in [2.05, 4.69) is 6.92 Å². The number of hydrogen-bond acceptors (Lipinski definition) is 2. The van der Waals surface area contributed by atoms with E-state index in [1.165, 1.54) is 12.8 Å². The molecule has 1 saturated carbocycles. The summed E-state index contributed by atoms with van der Waals surface area (Å²) in [5.41, 5.74) is 0.109. The Morgan fingerprint density at radius 1 is 1.36 bits per heavy atom. The molecule has 0 aromatic rings. The molecule has 2 heteroatoms. The first-order valence-electron chi connectivity index (χ1n) is 4.59. The Kier molecular flexibility index (Phi) is 1.90. The van der Waals surface area contributed by atoms with Gasteiger partial charge < -0.3 is 9.47 Å². The zero-order valence-corrected chi connectivity index (χ0v) is 7.14. The van der Waals surface area contributed by atoms with Gasteiger partial charge in [-0.05, 0) is 25.2 Å². The van der Waals surface area contributed by atoms with Gasteiger partial charge in [0.05, 0.1) is 25.4 Å². The molecule has 11 heavy (non-hydrogen) atoms. The average Bonchev–Trinajstić information content (AvgIpc) is 2.88. The first-order chi connectivity index (χ1) is 5.37. The van der Waals surface area contributed by atoms with Crippen molar-refractivity contribution in [3.05, 3.63) is 0 Å². The van der Waals surface area contributed by atoms with Crippen LogP contribution in [-0.4, -0.2) is 25.4 Å². The van der Waals surface area contributed by atoms with Gasteiger partial charge in [-0.25, -0.2) is 0 Å². The Morgan fingerprint density at radius 3 is 2.64 bits per heavy atom. The minimum absolute atomic E-state index is 0.109. The molecule has 1 atom stereocenters. The predicted molar refractivity (Wildman–Crippen MR) is 42.5 cm³/mol. The van der Waals surface area contributed by atoms with Crippen LogP contribution in [0.5, 0.6) is 0 Å². The topological polar surface area (TPSA) is 18.5 Å². The molecule has 0 spiro atoms. The van der Waals surface area contributed by atoms with Crippen molar-refractivity contribution in [3.8, 4) is 0 Å². The highest BCUT2D eigenvalue weighted by Gasteiger charge is 2.46. The van der Waals surface area contributed by atoms with Crippen molar-refractivity contribution < 1.29 is 9.47 Å². The first kappa shape index (κ1) is 7.56. The minimum atomic E-state index is 0.109. The van der Waals surface area contributed by atoms with Crippen molar-refractivity contribution in [1.82, 2.24) is 0 Å². The third-order valence-corrected chi connectivity index (χ3v) is 2.88. The van der Waals surface area contributed by atoms with Gasteiger partial charge in [0, 0.05) is 0 Å². The SMILES string of the molecule is CCC1(C2CC2)COCCO1. The molecule has 0 amide bonds. The minimum Gasteiger partial charge on any atom is -0.376 e. The highest BCUT2D eigenvalue weighted by Crippen LogP contribution is 2.44.